The first-order valence-corrected chi connectivity index (χ1v) is 10.4. The zero-order valence-corrected chi connectivity index (χ0v) is 17.7. The summed E-state index contributed by atoms with van der Waals surface area (Å²) in [6.07, 6.45) is 2.30. The lowest BCUT2D eigenvalue weighted by Crippen LogP contribution is -2.16. The molecule has 0 aliphatic rings. The molecule has 0 bridgehead atoms. The van der Waals surface area contributed by atoms with Crippen molar-refractivity contribution in [2.75, 3.05) is 11.9 Å². The number of nitrogens with zero attached hydrogens (tertiary/aromatic N) is 1. The van der Waals surface area contributed by atoms with Gasteiger partial charge < -0.3 is 20.8 Å². The number of pyridine rings is 1. The number of esters is 1. The molecule has 4 N–H and O–H groups in total. The third-order valence-electron chi connectivity index (χ3n) is 5.18. The van der Waals surface area contributed by atoms with Gasteiger partial charge in [0.2, 0.25) is 0 Å². The Morgan fingerprint density at radius 1 is 1.09 bits per heavy atom. The fourth-order valence-corrected chi connectivity index (χ4v) is 3.61. The summed E-state index contributed by atoms with van der Waals surface area (Å²) in [5.41, 5.74) is 11.1. The third-order valence-corrected chi connectivity index (χ3v) is 5.18. The topological polar surface area (TPSA) is 110 Å². The summed E-state index contributed by atoms with van der Waals surface area (Å²) < 4.78 is 5.04. The van der Waals surface area contributed by atoms with Gasteiger partial charge in [0.15, 0.2) is 0 Å². The van der Waals surface area contributed by atoms with E-state index < -0.39 is 0 Å². The summed E-state index contributed by atoms with van der Waals surface area (Å²) in [6.45, 7) is 2.06. The number of aromatic amines is 1. The Kier molecular flexibility index (Phi) is 6.28. The lowest BCUT2D eigenvalue weighted by molar-refractivity contribution is -0.140. The van der Waals surface area contributed by atoms with Gasteiger partial charge in [-0.1, -0.05) is 36.4 Å². The van der Waals surface area contributed by atoms with Crippen molar-refractivity contribution in [3.05, 3.63) is 83.7 Å². The van der Waals surface area contributed by atoms with E-state index in [1.165, 1.54) is 6.92 Å². The van der Waals surface area contributed by atoms with E-state index in [0.717, 1.165) is 27.6 Å². The molecule has 1 amide bonds. The van der Waals surface area contributed by atoms with Gasteiger partial charge in [-0.2, -0.15) is 0 Å². The molecule has 0 fully saturated rings. The fourth-order valence-electron chi connectivity index (χ4n) is 3.61. The van der Waals surface area contributed by atoms with E-state index in [-0.39, 0.29) is 18.5 Å². The largest absolute Gasteiger partial charge is 0.466 e. The summed E-state index contributed by atoms with van der Waals surface area (Å²) in [4.78, 5) is 31.8. The van der Waals surface area contributed by atoms with Gasteiger partial charge in [0.1, 0.15) is 11.3 Å². The maximum atomic E-state index is 13.1. The van der Waals surface area contributed by atoms with Gasteiger partial charge in [-0.25, -0.2) is 4.98 Å². The lowest BCUT2D eigenvalue weighted by atomic mass is 10.00. The van der Waals surface area contributed by atoms with E-state index in [4.69, 9.17) is 10.5 Å². The Labute approximate surface area is 185 Å². The van der Waals surface area contributed by atoms with Crippen molar-refractivity contribution in [3.8, 4) is 11.1 Å². The average Bonchev–Trinajstić information content (AvgIpc) is 3.28. The van der Waals surface area contributed by atoms with Gasteiger partial charge in [-0.15, -0.1) is 0 Å². The van der Waals surface area contributed by atoms with Crippen LogP contribution in [0.3, 0.4) is 0 Å². The van der Waals surface area contributed by atoms with Crippen LogP contribution in [0.2, 0.25) is 0 Å². The quantitative estimate of drug-likeness (QED) is 0.385. The second-order valence-electron chi connectivity index (χ2n) is 7.40. The molecular formula is C25H24N4O3. The highest BCUT2D eigenvalue weighted by atomic mass is 16.5. The number of anilines is 1. The minimum absolute atomic E-state index is 0.247. The number of aromatic nitrogens is 2. The number of hydrogen-bond acceptors (Lipinski definition) is 5. The van der Waals surface area contributed by atoms with Crippen molar-refractivity contribution in [2.24, 2.45) is 5.73 Å². The first kappa shape index (κ1) is 21.3. The van der Waals surface area contributed by atoms with E-state index >= 15 is 0 Å². The molecule has 0 aliphatic carbocycles. The number of H-pyrrole nitrogens is 1. The van der Waals surface area contributed by atoms with Crippen molar-refractivity contribution in [1.29, 1.82) is 0 Å². The predicted molar refractivity (Wildman–Crippen MR) is 124 cm³/mol. The SMILES string of the molecule is CC(=O)OCCc1ccccc1NC(=O)c1cc(-c2cccc(CN)c2)c2cc[nH]c2n1. The van der Waals surface area contributed by atoms with E-state index in [9.17, 15) is 9.59 Å². The van der Waals surface area contributed by atoms with Crippen LogP contribution in [0.1, 0.15) is 28.5 Å². The van der Waals surface area contributed by atoms with Crippen molar-refractivity contribution in [1.82, 2.24) is 9.97 Å². The second-order valence-corrected chi connectivity index (χ2v) is 7.40. The van der Waals surface area contributed by atoms with Gasteiger partial charge in [-0.3, -0.25) is 9.59 Å². The highest BCUT2D eigenvalue weighted by Crippen LogP contribution is 2.29. The number of nitrogens with two attached hydrogens (primary N) is 1. The van der Waals surface area contributed by atoms with Crippen LogP contribution < -0.4 is 11.1 Å². The molecule has 7 heteroatoms. The molecule has 0 saturated heterocycles. The Bertz CT molecular complexity index is 1280. The Hall–Kier alpha value is -3.97. The molecule has 32 heavy (non-hydrogen) atoms. The Morgan fingerprint density at radius 3 is 2.75 bits per heavy atom. The van der Waals surface area contributed by atoms with E-state index in [1.807, 2.05) is 54.6 Å². The zero-order chi connectivity index (χ0) is 22.5. The van der Waals surface area contributed by atoms with Crippen LogP contribution in [-0.4, -0.2) is 28.5 Å². The standard InChI is InChI=1S/C25H24N4O3/c1-16(30)32-12-10-18-6-2-3-8-22(18)29-25(31)23-14-21(20-9-11-27-24(20)28-23)19-7-4-5-17(13-19)15-26/h2-9,11,13-14H,10,12,15,26H2,1H3,(H,27,28)(H,29,31). The summed E-state index contributed by atoms with van der Waals surface area (Å²) in [5.74, 6) is -0.654. The number of hydrogen-bond donors (Lipinski definition) is 3. The van der Waals surface area contributed by atoms with E-state index in [0.29, 0.717) is 30.0 Å². The minimum Gasteiger partial charge on any atom is -0.466 e. The molecule has 0 radical (unpaired) electrons. The molecule has 0 spiro atoms. The molecule has 4 rings (SSSR count). The first-order valence-electron chi connectivity index (χ1n) is 10.4. The van der Waals surface area contributed by atoms with Crippen molar-refractivity contribution < 1.29 is 14.3 Å². The number of carbonyl (C=O) groups is 2. The van der Waals surface area contributed by atoms with Crippen LogP contribution in [0.15, 0.2) is 66.9 Å². The molecule has 4 aromatic rings. The van der Waals surface area contributed by atoms with Crippen LogP contribution in [0.4, 0.5) is 5.69 Å². The Balaban J connectivity index is 1.65. The van der Waals surface area contributed by atoms with Crippen LogP contribution >= 0.6 is 0 Å². The highest BCUT2D eigenvalue weighted by molar-refractivity contribution is 6.06. The molecule has 0 atom stereocenters. The smallest absolute Gasteiger partial charge is 0.302 e. The third kappa shape index (κ3) is 4.68. The van der Waals surface area contributed by atoms with Gasteiger partial charge in [0.05, 0.1) is 6.61 Å². The summed E-state index contributed by atoms with van der Waals surface area (Å²) >= 11 is 0. The molecule has 2 heterocycles. The van der Waals surface area contributed by atoms with Gasteiger partial charge >= 0.3 is 5.97 Å². The number of para-hydroxylation sites is 1. The number of ether oxygens (including phenoxy) is 1. The number of nitrogens with one attached hydrogen (secondary N) is 2. The van der Waals surface area contributed by atoms with E-state index in [2.05, 4.69) is 15.3 Å². The molecule has 0 aliphatic heterocycles. The van der Waals surface area contributed by atoms with Crippen molar-refractivity contribution >= 4 is 28.6 Å². The fraction of sp³-hybridized carbons (Fsp3) is 0.160. The highest BCUT2D eigenvalue weighted by Gasteiger charge is 2.16. The van der Waals surface area contributed by atoms with Crippen LogP contribution in [-0.2, 0) is 22.5 Å². The maximum absolute atomic E-state index is 13.1. The molecule has 2 aromatic heterocycles. The van der Waals surface area contributed by atoms with E-state index in [1.54, 1.807) is 12.3 Å². The van der Waals surface area contributed by atoms with Gasteiger partial charge in [0, 0.05) is 37.2 Å². The number of carbonyl (C=O) groups excluding carboxylic acids is 2. The molecule has 2 aromatic carbocycles. The zero-order valence-electron chi connectivity index (χ0n) is 17.7. The summed E-state index contributed by atoms with van der Waals surface area (Å²) in [5, 5.41) is 3.88. The summed E-state index contributed by atoms with van der Waals surface area (Å²) in [6, 6.07) is 19.1. The molecule has 162 valence electrons. The molecule has 0 saturated carbocycles. The predicted octanol–water partition coefficient (Wildman–Crippen LogP) is 4.05. The lowest BCUT2D eigenvalue weighted by Gasteiger charge is -2.12. The maximum Gasteiger partial charge on any atom is 0.302 e. The average molecular weight is 428 g/mol. The minimum atomic E-state index is -0.332. The van der Waals surface area contributed by atoms with Crippen molar-refractivity contribution in [2.45, 2.75) is 19.9 Å². The number of benzene rings is 2. The number of amides is 1. The monoisotopic (exact) mass is 428 g/mol. The number of rotatable bonds is 7. The van der Waals surface area contributed by atoms with Crippen LogP contribution in [0, 0.1) is 0 Å². The van der Waals surface area contributed by atoms with Crippen LogP contribution in [0.5, 0.6) is 0 Å². The first-order chi connectivity index (χ1) is 15.5. The normalized spacial score (nSPS) is 10.8. The Morgan fingerprint density at radius 2 is 1.94 bits per heavy atom. The van der Waals surface area contributed by atoms with Gasteiger partial charge in [0.25, 0.3) is 5.91 Å². The van der Waals surface area contributed by atoms with Crippen molar-refractivity contribution in [3.63, 3.8) is 0 Å². The molecule has 7 nitrogen and oxygen atoms in total. The molecular weight excluding hydrogens is 404 g/mol. The van der Waals surface area contributed by atoms with Crippen LogP contribution in [0.25, 0.3) is 22.2 Å². The summed E-state index contributed by atoms with van der Waals surface area (Å²) in [7, 11) is 0. The second kappa shape index (κ2) is 9.45. The number of fused-ring (bicyclic) bond motifs is 1. The van der Waals surface area contributed by atoms with Gasteiger partial charge in [-0.05, 0) is 46.5 Å². The molecule has 0 unspecified atom stereocenters.